The molecule has 1 atom stereocenters. The van der Waals surface area contributed by atoms with Gasteiger partial charge in [0, 0.05) is 50.0 Å². The van der Waals surface area contributed by atoms with Crippen molar-refractivity contribution in [3.63, 3.8) is 0 Å². The molecule has 3 aromatic rings. The molecular formula is C26H29N3O. The molecule has 0 aliphatic carbocycles. The lowest BCUT2D eigenvalue weighted by atomic mass is 10.0. The zero-order chi connectivity index (χ0) is 20.6. The van der Waals surface area contributed by atoms with E-state index in [-0.39, 0.29) is 11.9 Å². The Balaban J connectivity index is 1.45. The number of benzene rings is 3. The van der Waals surface area contributed by atoms with Crippen molar-refractivity contribution in [3.8, 4) is 0 Å². The van der Waals surface area contributed by atoms with E-state index in [2.05, 4.69) is 63.6 Å². The highest BCUT2D eigenvalue weighted by molar-refractivity contribution is 5.78. The van der Waals surface area contributed by atoms with Crippen LogP contribution in [0, 0.1) is 0 Å². The highest BCUT2D eigenvalue weighted by Gasteiger charge is 2.27. The first kappa shape index (κ1) is 20.2. The number of nitrogens with one attached hydrogen (secondary N) is 1. The lowest BCUT2D eigenvalue weighted by Crippen LogP contribution is -2.54. The predicted molar refractivity (Wildman–Crippen MR) is 123 cm³/mol. The van der Waals surface area contributed by atoms with Crippen molar-refractivity contribution in [1.82, 2.24) is 10.2 Å². The van der Waals surface area contributed by atoms with Crippen LogP contribution in [0.25, 0.3) is 0 Å². The zero-order valence-electron chi connectivity index (χ0n) is 17.3. The largest absolute Gasteiger partial charge is 0.341 e. The number of rotatable bonds is 7. The maximum absolute atomic E-state index is 13.2. The van der Waals surface area contributed by atoms with E-state index in [0.29, 0.717) is 13.0 Å². The summed E-state index contributed by atoms with van der Waals surface area (Å²) in [6, 6.07) is 31.3. The van der Waals surface area contributed by atoms with E-state index >= 15 is 0 Å². The minimum Gasteiger partial charge on any atom is -0.341 e. The molecule has 1 fully saturated rings. The smallest absolute Gasteiger partial charge is 0.224 e. The molecule has 1 saturated heterocycles. The number of piperazine rings is 1. The number of hydrogen-bond donors (Lipinski definition) is 1. The van der Waals surface area contributed by atoms with Crippen LogP contribution < -0.4 is 10.2 Å². The summed E-state index contributed by atoms with van der Waals surface area (Å²) in [6.45, 7) is 3.14. The number of hydrogen-bond acceptors (Lipinski definition) is 3. The average molecular weight is 400 g/mol. The Morgan fingerprint density at radius 3 is 2.03 bits per heavy atom. The fourth-order valence-electron chi connectivity index (χ4n) is 4.13. The van der Waals surface area contributed by atoms with Crippen LogP contribution in [-0.4, -0.2) is 43.0 Å². The second-order valence-electron chi connectivity index (χ2n) is 7.71. The van der Waals surface area contributed by atoms with Gasteiger partial charge in [-0.15, -0.1) is 0 Å². The Labute approximate surface area is 179 Å². The molecule has 0 aromatic heterocycles. The second-order valence-corrected chi connectivity index (χ2v) is 7.71. The molecule has 4 nitrogen and oxygen atoms in total. The minimum atomic E-state index is 0.204. The van der Waals surface area contributed by atoms with E-state index in [1.807, 2.05) is 42.5 Å². The quantitative estimate of drug-likeness (QED) is 0.645. The first-order chi connectivity index (χ1) is 14.8. The molecule has 154 valence electrons. The van der Waals surface area contributed by atoms with Crippen molar-refractivity contribution in [3.05, 3.63) is 96.6 Å². The molecule has 4 rings (SSSR count). The number of amides is 1. The summed E-state index contributed by atoms with van der Waals surface area (Å²) in [7, 11) is 0. The Morgan fingerprint density at radius 2 is 1.43 bits per heavy atom. The van der Waals surface area contributed by atoms with E-state index in [9.17, 15) is 4.79 Å². The maximum Gasteiger partial charge on any atom is 0.224 e. The van der Waals surface area contributed by atoms with Gasteiger partial charge in [0.2, 0.25) is 5.91 Å². The molecule has 30 heavy (non-hydrogen) atoms. The van der Waals surface area contributed by atoms with E-state index in [4.69, 9.17) is 0 Å². The maximum atomic E-state index is 13.2. The van der Waals surface area contributed by atoms with E-state index in [1.165, 1.54) is 5.56 Å². The molecule has 0 spiro atoms. The number of para-hydroxylation sites is 2. The molecule has 0 bridgehead atoms. The first-order valence-corrected chi connectivity index (χ1v) is 10.7. The number of carbonyl (C=O) groups is 1. The van der Waals surface area contributed by atoms with Gasteiger partial charge in [-0.2, -0.15) is 0 Å². The van der Waals surface area contributed by atoms with Crippen LogP contribution in [0.1, 0.15) is 12.0 Å². The normalized spacial score (nSPS) is 16.3. The lowest BCUT2D eigenvalue weighted by molar-refractivity contribution is -0.134. The van der Waals surface area contributed by atoms with Gasteiger partial charge in [-0.05, 0) is 36.2 Å². The summed E-state index contributed by atoms with van der Waals surface area (Å²) in [6.07, 6.45) is 1.38. The van der Waals surface area contributed by atoms with Gasteiger partial charge < -0.3 is 15.1 Å². The van der Waals surface area contributed by atoms with Gasteiger partial charge in [0.05, 0.1) is 0 Å². The Kier molecular flexibility index (Phi) is 6.78. The average Bonchev–Trinajstić information content (AvgIpc) is 2.81. The van der Waals surface area contributed by atoms with Crippen LogP contribution in [0.15, 0.2) is 91.0 Å². The topological polar surface area (TPSA) is 35.6 Å². The number of carbonyl (C=O) groups excluding carboxylic acids is 1. The van der Waals surface area contributed by atoms with Gasteiger partial charge in [0.25, 0.3) is 0 Å². The van der Waals surface area contributed by atoms with Gasteiger partial charge >= 0.3 is 0 Å². The van der Waals surface area contributed by atoms with Crippen molar-refractivity contribution in [2.75, 3.05) is 31.1 Å². The van der Waals surface area contributed by atoms with E-state index < -0.39 is 0 Å². The van der Waals surface area contributed by atoms with Gasteiger partial charge in [-0.3, -0.25) is 4.79 Å². The summed E-state index contributed by atoms with van der Waals surface area (Å²) in [5, 5.41) is 3.45. The molecule has 0 radical (unpaired) electrons. The SMILES string of the molecule is O=C(CCN(c1ccccc1)c1ccccc1)N1CCNC[C@H]1Cc1ccccc1. The molecule has 3 aromatic carbocycles. The highest BCUT2D eigenvalue weighted by atomic mass is 16.2. The monoisotopic (exact) mass is 399 g/mol. The summed E-state index contributed by atoms with van der Waals surface area (Å²) in [4.78, 5) is 17.5. The Bertz CT molecular complexity index is 875. The molecule has 1 amide bonds. The van der Waals surface area contributed by atoms with Crippen LogP contribution in [0.2, 0.25) is 0 Å². The zero-order valence-corrected chi connectivity index (χ0v) is 17.3. The summed E-state index contributed by atoms with van der Waals surface area (Å²) >= 11 is 0. The molecule has 0 saturated carbocycles. The van der Waals surface area contributed by atoms with Gasteiger partial charge in [0.15, 0.2) is 0 Å². The van der Waals surface area contributed by atoms with Crippen molar-refractivity contribution in [2.24, 2.45) is 0 Å². The second kappa shape index (κ2) is 10.1. The van der Waals surface area contributed by atoms with Crippen molar-refractivity contribution >= 4 is 17.3 Å². The standard InChI is InChI=1S/C26H29N3O/c30-26(29-19-17-27-21-25(29)20-22-10-4-1-5-11-22)16-18-28(23-12-6-2-7-13-23)24-14-8-3-9-15-24/h1-15,25,27H,16-21H2/t25-/m1/s1. The third kappa shape index (κ3) is 5.08. The van der Waals surface area contributed by atoms with Crippen LogP contribution in [0.3, 0.4) is 0 Å². The van der Waals surface area contributed by atoms with Crippen LogP contribution in [0.5, 0.6) is 0 Å². The Hall–Kier alpha value is -3.11. The third-order valence-corrected chi connectivity index (χ3v) is 5.67. The Morgan fingerprint density at radius 1 is 0.867 bits per heavy atom. The number of nitrogens with zero attached hydrogens (tertiary/aromatic N) is 2. The van der Waals surface area contributed by atoms with E-state index in [0.717, 1.165) is 37.4 Å². The van der Waals surface area contributed by atoms with Gasteiger partial charge in [-0.25, -0.2) is 0 Å². The van der Waals surface area contributed by atoms with Crippen molar-refractivity contribution in [2.45, 2.75) is 18.9 Å². The fourth-order valence-corrected chi connectivity index (χ4v) is 4.13. The van der Waals surface area contributed by atoms with Gasteiger partial charge in [-0.1, -0.05) is 66.7 Å². The van der Waals surface area contributed by atoms with Crippen molar-refractivity contribution < 1.29 is 4.79 Å². The highest BCUT2D eigenvalue weighted by Crippen LogP contribution is 2.25. The minimum absolute atomic E-state index is 0.204. The summed E-state index contributed by atoms with van der Waals surface area (Å²) in [5.41, 5.74) is 3.49. The summed E-state index contributed by atoms with van der Waals surface area (Å²) < 4.78 is 0. The molecule has 1 aliphatic rings. The molecule has 0 unspecified atom stereocenters. The third-order valence-electron chi connectivity index (χ3n) is 5.67. The summed E-state index contributed by atoms with van der Waals surface area (Å²) in [5.74, 6) is 0.231. The molecule has 4 heteroatoms. The van der Waals surface area contributed by atoms with Crippen LogP contribution >= 0.6 is 0 Å². The molecule has 1 aliphatic heterocycles. The van der Waals surface area contributed by atoms with Crippen molar-refractivity contribution in [1.29, 1.82) is 0 Å². The van der Waals surface area contributed by atoms with E-state index in [1.54, 1.807) is 0 Å². The van der Waals surface area contributed by atoms with Crippen LogP contribution in [-0.2, 0) is 11.2 Å². The fraction of sp³-hybridized carbons (Fsp3) is 0.269. The number of anilines is 2. The molecular weight excluding hydrogens is 370 g/mol. The lowest BCUT2D eigenvalue weighted by Gasteiger charge is -2.37. The predicted octanol–water partition coefficient (Wildman–Crippen LogP) is 4.26. The molecule has 1 heterocycles. The molecule has 1 N–H and O–H groups in total. The van der Waals surface area contributed by atoms with Gasteiger partial charge in [0.1, 0.15) is 0 Å². The first-order valence-electron chi connectivity index (χ1n) is 10.7. The van der Waals surface area contributed by atoms with Crippen LogP contribution in [0.4, 0.5) is 11.4 Å².